The van der Waals surface area contributed by atoms with Crippen LogP contribution in [0, 0.1) is 13.8 Å². The van der Waals surface area contributed by atoms with Gasteiger partial charge in [-0.1, -0.05) is 6.42 Å². The maximum absolute atomic E-state index is 12.5. The van der Waals surface area contributed by atoms with Gasteiger partial charge in [-0.05, 0) is 52.3 Å². The van der Waals surface area contributed by atoms with E-state index in [1.807, 2.05) is 5.38 Å². The lowest BCUT2D eigenvalue weighted by molar-refractivity contribution is 0.101. The molecule has 0 unspecified atom stereocenters. The van der Waals surface area contributed by atoms with Crippen LogP contribution in [0.2, 0.25) is 0 Å². The number of thiazole rings is 1. The molecule has 1 amide bonds. The summed E-state index contributed by atoms with van der Waals surface area (Å²) in [6.45, 7) is 8.18. The number of nitrogens with one attached hydrogen (secondary N) is 2. The van der Waals surface area contributed by atoms with Crippen molar-refractivity contribution in [1.29, 1.82) is 0 Å². The number of amides is 1. The standard InChI is InChI=1S/C18H24N4O2S/c1-11-15(13(3)23)12(2)19-16(11)17(24)21-18-20-14(10-25-18)9-22-7-5-4-6-8-22/h10,19H,4-9H2,1-3H3,(H,20,21,24). The van der Waals surface area contributed by atoms with E-state index < -0.39 is 0 Å². The second-order valence-electron chi connectivity index (χ2n) is 6.62. The van der Waals surface area contributed by atoms with E-state index >= 15 is 0 Å². The van der Waals surface area contributed by atoms with Crippen molar-refractivity contribution < 1.29 is 9.59 Å². The second kappa shape index (κ2) is 7.49. The van der Waals surface area contributed by atoms with Crippen molar-refractivity contribution in [3.8, 4) is 0 Å². The van der Waals surface area contributed by atoms with E-state index in [1.54, 1.807) is 13.8 Å². The number of nitrogens with zero attached hydrogens (tertiary/aromatic N) is 2. The summed E-state index contributed by atoms with van der Waals surface area (Å²) in [7, 11) is 0. The van der Waals surface area contributed by atoms with Crippen LogP contribution in [-0.4, -0.2) is 39.6 Å². The highest BCUT2D eigenvalue weighted by Crippen LogP contribution is 2.22. The van der Waals surface area contributed by atoms with Crippen LogP contribution in [0.4, 0.5) is 5.13 Å². The molecule has 0 radical (unpaired) electrons. The molecular formula is C18H24N4O2S. The lowest BCUT2D eigenvalue weighted by Crippen LogP contribution is -2.29. The fourth-order valence-corrected chi connectivity index (χ4v) is 4.14. The first-order valence-corrected chi connectivity index (χ1v) is 9.52. The van der Waals surface area contributed by atoms with Crippen LogP contribution in [-0.2, 0) is 6.54 Å². The van der Waals surface area contributed by atoms with Crippen LogP contribution in [0.15, 0.2) is 5.38 Å². The Morgan fingerprint density at radius 2 is 2.00 bits per heavy atom. The highest BCUT2D eigenvalue weighted by atomic mass is 32.1. The Bertz CT molecular complexity index is 787. The van der Waals surface area contributed by atoms with Crippen molar-refractivity contribution in [2.75, 3.05) is 18.4 Å². The number of ketones is 1. The number of hydrogen-bond donors (Lipinski definition) is 2. The van der Waals surface area contributed by atoms with Gasteiger partial charge in [-0.15, -0.1) is 11.3 Å². The largest absolute Gasteiger partial charge is 0.354 e. The summed E-state index contributed by atoms with van der Waals surface area (Å²) < 4.78 is 0. The third-order valence-electron chi connectivity index (χ3n) is 4.62. The second-order valence-corrected chi connectivity index (χ2v) is 7.47. The molecule has 25 heavy (non-hydrogen) atoms. The minimum absolute atomic E-state index is 0.0385. The van der Waals surface area contributed by atoms with Crippen molar-refractivity contribution in [2.45, 2.75) is 46.6 Å². The number of hydrogen-bond acceptors (Lipinski definition) is 5. The predicted octanol–water partition coefficient (Wildman–Crippen LogP) is 3.53. The number of Topliss-reactive ketones (excluding diaryl/α,β-unsaturated/α-hetero) is 1. The average molecular weight is 360 g/mol. The van der Waals surface area contributed by atoms with Crippen molar-refractivity contribution >= 4 is 28.2 Å². The molecule has 0 atom stereocenters. The molecule has 0 spiro atoms. The normalized spacial score (nSPS) is 15.3. The van der Waals surface area contributed by atoms with Gasteiger partial charge in [-0.3, -0.25) is 19.8 Å². The van der Waals surface area contributed by atoms with E-state index in [2.05, 4.69) is 20.2 Å². The number of piperidine rings is 1. The molecule has 134 valence electrons. The van der Waals surface area contributed by atoms with Gasteiger partial charge in [0.1, 0.15) is 5.69 Å². The molecular weight excluding hydrogens is 336 g/mol. The molecule has 1 saturated heterocycles. The minimum atomic E-state index is -0.257. The number of carbonyl (C=O) groups excluding carboxylic acids is 2. The molecule has 2 aromatic heterocycles. The molecule has 3 rings (SSSR count). The maximum atomic E-state index is 12.5. The lowest BCUT2D eigenvalue weighted by atomic mass is 10.1. The highest BCUT2D eigenvalue weighted by Gasteiger charge is 2.20. The monoisotopic (exact) mass is 360 g/mol. The van der Waals surface area contributed by atoms with Gasteiger partial charge in [0.25, 0.3) is 5.91 Å². The molecule has 6 nitrogen and oxygen atoms in total. The number of anilines is 1. The van der Waals surface area contributed by atoms with Crippen molar-refractivity contribution in [2.24, 2.45) is 0 Å². The SMILES string of the molecule is CC(=O)c1c(C)[nH]c(C(=O)Nc2nc(CN3CCCCC3)cs2)c1C. The molecule has 1 aliphatic rings. The molecule has 3 heterocycles. The van der Waals surface area contributed by atoms with Gasteiger partial charge in [-0.25, -0.2) is 4.98 Å². The number of rotatable bonds is 5. The third-order valence-corrected chi connectivity index (χ3v) is 5.43. The Labute approximate surface area is 151 Å². The molecule has 2 aromatic rings. The number of aromatic nitrogens is 2. The Morgan fingerprint density at radius 1 is 1.28 bits per heavy atom. The summed E-state index contributed by atoms with van der Waals surface area (Å²) in [4.78, 5) is 34.2. The minimum Gasteiger partial charge on any atom is -0.354 e. The van der Waals surface area contributed by atoms with Crippen LogP contribution in [0.3, 0.4) is 0 Å². The zero-order chi connectivity index (χ0) is 18.0. The first kappa shape index (κ1) is 17.8. The summed E-state index contributed by atoms with van der Waals surface area (Å²) in [5, 5.41) is 5.43. The van der Waals surface area contributed by atoms with Gasteiger partial charge in [0.2, 0.25) is 0 Å². The molecule has 0 bridgehead atoms. The first-order chi connectivity index (χ1) is 12.0. The van der Waals surface area contributed by atoms with Crippen LogP contribution in [0.25, 0.3) is 0 Å². The van der Waals surface area contributed by atoms with Crippen LogP contribution in [0.5, 0.6) is 0 Å². The molecule has 0 saturated carbocycles. The number of aromatic amines is 1. The summed E-state index contributed by atoms with van der Waals surface area (Å²) in [6.07, 6.45) is 3.81. The van der Waals surface area contributed by atoms with E-state index in [-0.39, 0.29) is 11.7 Å². The highest BCUT2D eigenvalue weighted by molar-refractivity contribution is 7.13. The van der Waals surface area contributed by atoms with Gasteiger partial charge in [0.15, 0.2) is 10.9 Å². The zero-order valence-electron chi connectivity index (χ0n) is 14.9. The van der Waals surface area contributed by atoms with Crippen molar-refractivity contribution in [3.63, 3.8) is 0 Å². The van der Waals surface area contributed by atoms with Gasteiger partial charge in [-0.2, -0.15) is 0 Å². The van der Waals surface area contributed by atoms with Gasteiger partial charge in [0, 0.05) is 23.2 Å². The van der Waals surface area contributed by atoms with E-state index in [4.69, 9.17) is 0 Å². The summed E-state index contributed by atoms with van der Waals surface area (Å²) in [5.74, 6) is -0.296. The number of likely N-dealkylation sites (tertiary alicyclic amines) is 1. The van der Waals surface area contributed by atoms with Gasteiger partial charge >= 0.3 is 0 Å². The van der Waals surface area contributed by atoms with Crippen LogP contribution >= 0.6 is 11.3 Å². The fraction of sp³-hybridized carbons (Fsp3) is 0.500. The summed E-state index contributed by atoms with van der Waals surface area (Å²) in [5.41, 5.74) is 3.42. The topological polar surface area (TPSA) is 78.1 Å². The Kier molecular flexibility index (Phi) is 5.34. The molecule has 1 aliphatic heterocycles. The van der Waals surface area contributed by atoms with E-state index in [0.29, 0.717) is 22.0 Å². The summed E-state index contributed by atoms with van der Waals surface area (Å²) >= 11 is 1.43. The molecule has 0 aromatic carbocycles. The number of carbonyl (C=O) groups is 2. The Morgan fingerprint density at radius 3 is 2.64 bits per heavy atom. The van der Waals surface area contributed by atoms with Crippen LogP contribution < -0.4 is 5.32 Å². The van der Waals surface area contributed by atoms with E-state index in [1.165, 1.54) is 37.5 Å². The third kappa shape index (κ3) is 3.99. The Balaban J connectivity index is 1.67. The fourth-order valence-electron chi connectivity index (χ4n) is 3.45. The lowest BCUT2D eigenvalue weighted by Gasteiger charge is -2.25. The number of H-pyrrole nitrogens is 1. The Hall–Kier alpha value is -1.99. The quantitative estimate of drug-likeness (QED) is 0.800. The smallest absolute Gasteiger partial charge is 0.274 e. The van der Waals surface area contributed by atoms with E-state index in [9.17, 15) is 9.59 Å². The van der Waals surface area contributed by atoms with Crippen LogP contribution in [0.1, 0.15) is 64.0 Å². The van der Waals surface area contributed by atoms with E-state index in [0.717, 1.165) is 31.0 Å². The average Bonchev–Trinajstić information content (AvgIpc) is 3.12. The first-order valence-electron chi connectivity index (χ1n) is 8.64. The summed E-state index contributed by atoms with van der Waals surface area (Å²) in [6, 6.07) is 0. The predicted molar refractivity (Wildman–Crippen MR) is 99.5 cm³/mol. The maximum Gasteiger partial charge on any atom is 0.274 e. The van der Waals surface area contributed by atoms with Gasteiger partial charge < -0.3 is 4.98 Å². The molecule has 0 aliphatic carbocycles. The van der Waals surface area contributed by atoms with Crippen molar-refractivity contribution in [1.82, 2.24) is 14.9 Å². The molecule has 1 fully saturated rings. The molecule has 7 heteroatoms. The van der Waals surface area contributed by atoms with Gasteiger partial charge in [0.05, 0.1) is 5.69 Å². The molecule has 2 N–H and O–H groups in total. The number of aryl methyl sites for hydroxylation is 1. The van der Waals surface area contributed by atoms with Crippen molar-refractivity contribution in [3.05, 3.63) is 33.6 Å². The zero-order valence-corrected chi connectivity index (χ0v) is 15.8.